The fourth-order valence-corrected chi connectivity index (χ4v) is 2.08. The van der Waals surface area contributed by atoms with E-state index >= 15 is 0 Å². The van der Waals surface area contributed by atoms with Crippen molar-refractivity contribution in [2.24, 2.45) is 10.7 Å². The van der Waals surface area contributed by atoms with Crippen molar-refractivity contribution in [2.45, 2.75) is 6.61 Å². The smallest absolute Gasteiger partial charge is 0.193 e. The highest BCUT2D eigenvalue weighted by atomic mass is 127. The van der Waals surface area contributed by atoms with Crippen LogP contribution in [-0.2, 0) is 11.3 Å². The highest BCUT2D eigenvalue weighted by Gasteiger charge is 2.05. The highest BCUT2D eigenvalue weighted by molar-refractivity contribution is 14.0. The van der Waals surface area contributed by atoms with Gasteiger partial charge < -0.3 is 25.3 Å². The van der Waals surface area contributed by atoms with Crippen LogP contribution in [0.1, 0.15) is 5.56 Å². The van der Waals surface area contributed by atoms with Crippen molar-refractivity contribution in [3.05, 3.63) is 54.1 Å². The summed E-state index contributed by atoms with van der Waals surface area (Å²) in [5.41, 5.74) is 7.73. The van der Waals surface area contributed by atoms with Crippen LogP contribution >= 0.6 is 24.0 Å². The van der Waals surface area contributed by atoms with Gasteiger partial charge in [-0.05, 0) is 17.7 Å². The van der Waals surface area contributed by atoms with Gasteiger partial charge in [0, 0.05) is 6.07 Å². The molecule has 0 saturated carbocycles. The van der Waals surface area contributed by atoms with E-state index in [9.17, 15) is 0 Å². The molecule has 7 heteroatoms. The Morgan fingerprint density at radius 3 is 2.52 bits per heavy atom. The summed E-state index contributed by atoms with van der Waals surface area (Å²) in [7, 11) is 3.20. The normalized spacial score (nSPS) is 10.7. The first-order chi connectivity index (χ1) is 11.7. The van der Waals surface area contributed by atoms with Crippen LogP contribution in [0.25, 0.3) is 0 Å². The number of nitrogens with two attached hydrogens (primary N) is 1. The summed E-state index contributed by atoms with van der Waals surface area (Å²) in [6.07, 6.45) is 0. The van der Waals surface area contributed by atoms with Crippen LogP contribution in [0.15, 0.2) is 53.5 Å². The molecule has 0 aliphatic rings. The third-order valence-corrected chi connectivity index (χ3v) is 3.30. The summed E-state index contributed by atoms with van der Waals surface area (Å²) in [5.74, 6) is 1.66. The molecule has 0 aromatic heterocycles. The summed E-state index contributed by atoms with van der Waals surface area (Å²) in [6, 6.07) is 15.4. The molecule has 0 amide bonds. The number of guanidine groups is 1. The fourth-order valence-electron chi connectivity index (χ4n) is 2.08. The van der Waals surface area contributed by atoms with Crippen molar-refractivity contribution in [2.75, 3.05) is 32.7 Å². The fraction of sp³-hybridized carbons (Fsp3) is 0.278. The Kier molecular flexibility index (Phi) is 9.71. The molecule has 0 aliphatic heterocycles. The number of ether oxygens (including phenoxy) is 3. The van der Waals surface area contributed by atoms with Gasteiger partial charge in [-0.3, -0.25) is 4.99 Å². The Morgan fingerprint density at radius 2 is 1.84 bits per heavy atom. The predicted molar refractivity (Wildman–Crippen MR) is 111 cm³/mol. The molecule has 0 heterocycles. The molecule has 0 atom stereocenters. The van der Waals surface area contributed by atoms with Crippen LogP contribution in [0.5, 0.6) is 11.5 Å². The molecule has 0 aliphatic carbocycles. The number of methoxy groups -OCH3 is 2. The number of rotatable bonds is 8. The van der Waals surface area contributed by atoms with E-state index in [0.717, 1.165) is 5.56 Å². The lowest BCUT2D eigenvalue weighted by atomic mass is 10.2. The Labute approximate surface area is 165 Å². The maximum Gasteiger partial charge on any atom is 0.193 e. The number of aliphatic imine (C=N–C) groups is 1. The van der Waals surface area contributed by atoms with Crippen LogP contribution in [0.4, 0.5) is 5.69 Å². The number of halogens is 1. The van der Waals surface area contributed by atoms with Crippen molar-refractivity contribution in [3.8, 4) is 11.5 Å². The molecule has 0 radical (unpaired) electrons. The van der Waals surface area contributed by atoms with E-state index in [1.807, 2.05) is 36.4 Å². The molecule has 0 saturated heterocycles. The Bertz CT molecular complexity index is 666. The van der Waals surface area contributed by atoms with Gasteiger partial charge in [0.1, 0.15) is 11.5 Å². The molecule has 0 unspecified atom stereocenters. The molecule has 0 bridgehead atoms. The van der Waals surface area contributed by atoms with Gasteiger partial charge in [0.25, 0.3) is 0 Å². The zero-order valence-corrected chi connectivity index (χ0v) is 16.7. The first kappa shape index (κ1) is 21.0. The average Bonchev–Trinajstić information content (AvgIpc) is 2.62. The second-order valence-corrected chi connectivity index (χ2v) is 5.00. The molecule has 2 aromatic carbocycles. The minimum Gasteiger partial charge on any atom is -0.497 e. The molecule has 0 spiro atoms. The summed E-state index contributed by atoms with van der Waals surface area (Å²) in [6.45, 7) is 1.53. The largest absolute Gasteiger partial charge is 0.497 e. The number of hydrogen-bond donors (Lipinski definition) is 2. The van der Waals surface area contributed by atoms with Gasteiger partial charge in [-0.2, -0.15) is 0 Å². The number of nitrogens with one attached hydrogen (secondary N) is 1. The van der Waals surface area contributed by atoms with Crippen LogP contribution in [0.3, 0.4) is 0 Å². The summed E-state index contributed by atoms with van der Waals surface area (Å²) in [5, 5.41) is 3.01. The minimum atomic E-state index is 0. The zero-order chi connectivity index (χ0) is 17.2. The summed E-state index contributed by atoms with van der Waals surface area (Å²) >= 11 is 0. The van der Waals surface area contributed by atoms with Crippen molar-refractivity contribution in [3.63, 3.8) is 0 Å². The first-order valence-corrected chi connectivity index (χ1v) is 7.63. The quantitative estimate of drug-likeness (QED) is 0.276. The SMILES string of the molecule is COc1ccc(OC)c(NC(N)=NCCOCc2ccccc2)c1.I. The molecule has 6 nitrogen and oxygen atoms in total. The van der Waals surface area contributed by atoms with Crippen LogP contribution in [-0.4, -0.2) is 33.3 Å². The second-order valence-electron chi connectivity index (χ2n) is 5.00. The van der Waals surface area contributed by atoms with Gasteiger partial charge in [-0.25, -0.2) is 0 Å². The van der Waals surface area contributed by atoms with Crippen molar-refractivity contribution in [1.82, 2.24) is 0 Å². The maximum atomic E-state index is 5.90. The molecule has 2 aromatic rings. The van der Waals surface area contributed by atoms with E-state index in [2.05, 4.69) is 10.3 Å². The van der Waals surface area contributed by atoms with Crippen LogP contribution in [0, 0.1) is 0 Å². The van der Waals surface area contributed by atoms with E-state index < -0.39 is 0 Å². The van der Waals surface area contributed by atoms with Gasteiger partial charge in [0.2, 0.25) is 0 Å². The molecule has 25 heavy (non-hydrogen) atoms. The molecule has 3 N–H and O–H groups in total. The number of benzene rings is 2. The number of anilines is 1. The maximum absolute atomic E-state index is 5.90. The predicted octanol–water partition coefficient (Wildman–Crippen LogP) is 3.27. The zero-order valence-electron chi connectivity index (χ0n) is 14.4. The Balaban J connectivity index is 0.00000312. The van der Waals surface area contributed by atoms with Crippen LogP contribution < -0.4 is 20.5 Å². The molecular weight excluding hydrogens is 433 g/mol. The third kappa shape index (κ3) is 7.18. The highest BCUT2D eigenvalue weighted by Crippen LogP contribution is 2.28. The van der Waals surface area contributed by atoms with E-state index in [-0.39, 0.29) is 24.0 Å². The Hall–Kier alpha value is -2.00. The van der Waals surface area contributed by atoms with Crippen molar-refractivity contribution in [1.29, 1.82) is 0 Å². The summed E-state index contributed by atoms with van der Waals surface area (Å²) in [4.78, 5) is 4.24. The topological polar surface area (TPSA) is 78.1 Å². The lowest BCUT2D eigenvalue weighted by Gasteiger charge is -2.12. The lowest BCUT2D eigenvalue weighted by molar-refractivity contribution is 0.128. The summed E-state index contributed by atoms with van der Waals surface area (Å²) < 4.78 is 16.0. The first-order valence-electron chi connectivity index (χ1n) is 7.63. The molecular formula is C18H24IN3O3. The van der Waals surface area contributed by atoms with Gasteiger partial charge in [0.05, 0.1) is 39.7 Å². The number of hydrogen-bond acceptors (Lipinski definition) is 4. The van der Waals surface area contributed by atoms with Gasteiger partial charge in [-0.1, -0.05) is 30.3 Å². The Morgan fingerprint density at radius 1 is 1.08 bits per heavy atom. The molecule has 2 rings (SSSR count). The van der Waals surface area contributed by atoms with E-state index in [0.29, 0.717) is 42.9 Å². The van der Waals surface area contributed by atoms with Gasteiger partial charge in [0.15, 0.2) is 5.96 Å². The lowest BCUT2D eigenvalue weighted by Crippen LogP contribution is -2.23. The van der Waals surface area contributed by atoms with Crippen molar-refractivity contribution < 1.29 is 14.2 Å². The van der Waals surface area contributed by atoms with E-state index in [1.54, 1.807) is 26.4 Å². The molecule has 0 fully saturated rings. The van der Waals surface area contributed by atoms with Crippen LogP contribution in [0.2, 0.25) is 0 Å². The van der Waals surface area contributed by atoms with E-state index in [4.69, 9.17) is 19.9 Å². The molecule has 136 valence electrons. The number of nitrogens with zero attached hydrogens (tertiary/aromatic N) is 1. The van der Waals surface area contributed by atoms with E-state index in [1.165, 1.54) is 0 Å². The van der Waals surface area contributed by atoms with Gasteiger partial charge in [-0.15, -0.1) is 24.0 Å². The second kappa shape index (κ2) is 11.5. The third-order valence-electron chi connectivity index (χ3n) is 3.30. The van der Waals surface area contributed by atoms with Crippen molar-refractivity contribution >= 4 is 35.6 Å². The standard InChI is InChI=1S/C18H23N3O3.HI/c1-22-15-8-9-17(23-2)16(12-15)21-18(19)20-10-11-24-13-14-6-4-3-5-7-14;/h3-9,12H,10-11,13H2,1-2H3,(H3,19,20,21);1H. The van der Waals surface area contributed by atoms with Gasteiger partial charge >= 0.3 is 0 Å². The monoisotopic (exact) mass is 457 g/mol. The minimum absolute atomic E-state index is 0. The average molecular weight is 457 g/mol.